The quantitative estimate of drug-likeness (QED) is 0.671. The Bertz CT molecular complexity index is 731. The van der Waals surface area contributed by atoms with E-state index in [4.69, 9.17) is 0 Å². The van der Waals surface area contributed by atoms with Crippen molar-refractivity contribution in [2.45, 2.75) is 65.2 Å². The zero-order chi connectivity index (χ0) is 19.9. The van der Waals surface area contributed by atoms with Crippen molar-refractivity contribution >= 4 is 44.8 Å². The van der Waals surface area contributed by atoms with E-state index in [1.165, 1.54) is 22.7 Å². The first-order valence-electron chi connectivity index (χ1n) is 9.85. The zero-order valence-electron chi connectivity index (χ0n) is 16.2. The van der Waals surface area contributed by atoms with Gasteiger partial charge < -0.3 is 10.6 Å². The van der Waals surface area contributed by atoms with Crippen LogP contribution < -0.4 is 10.6 Å². The number of carbonyl (C=O) groups is 2. The maximum absolute atomic E-state index is 12.5. The molecule has 28 heavy (non-hydrogen) atoms. The second-order valence-electron chi connectivity index (χ2n) is 7.03. The van der Waals surface area contributed by atoms with Gasteiger partial charge in [0, 0.05) is 24.7 Å². The van der Waals surface area contributed by atoms with E-state index in [2.05, 4.69) is 44.9 Å². The summed E-state index contributed by atoms with van der Waals surface area (Å²) in [7, 11) is 0. The molecule has 2 N–H and O–H groups in total. The molecule has 0 aliphatic heterocycles. The minimum Gasteiger partial charge on any atom is -0.300 e. The summed E-state index contributed by atoms with van der Waals surface area (Å²) in [6.07, 6.45) is 6.55. The minimum atomic E-state index is -0.0831. The highest BCUT2D eigenvalue weighted by atomic mass is 32.1. The number of amides is 2. The van der Waals surface area contributed by atoms with Crippen LogP contribution in [0.15, 0.2) is 0 Å². The fraction of sp³-hybridized carbons (Fsp3) is 0.667. The number of hydrogen-bond acceptors (Lipinski definition) is 8. The van der Waals surface area contributed by atoms with Crippen LogP contribution in [0.5, 0.6) is 0 Å². The largest absolute Gasteiger partial charge is 0.300 e. The first kappa shape index (κ1) is 20.8. The highest BCUT2D eigenvalue weighted by molar-refractivity contribution is 7.15. The molecule has 2 aromatic rings. The fourth-order valence-electron chi connectivity index (χ4n) is 3.27. The van der Waals surface area contributed by atoms with E-state index in [1.807, 2.05) is 0 Å². The third-order valence-electron chi connectivity index (χ3n) is 4.79. The molecule has 1 fully saturated rings. The summed E-state index contributed by atoms with van der Waals surface area (Å²) in [5.74, 6) is -0.210. The van der Waals surface area contributed by atoms with Crippen LogP contribution in [0, 0.1) is 11.8 Å². The van der Waals surface area contributed by atoms with E-state index in [9.17, 15) is 9.59 Å². The molecule has 8 nitrogen and oxygen atoms in total. The van der Waals surface area contributed by atoms with Gasteiger partial charge in [0.1, 0.15) is 10.0 Å². The average Bonchev–Trinajstić information content (AvgIpc) is 3.32. The Morgan fingerprint density at radius 1 is 0.786 bits per heavy atom. The predicted molar refractivity (Wildman–Crippen MR) is 111 cm³/mol. The Labute approximate surface area is 172 Å². The van der Waals surface area contributed by atoms with Gasteiger partial charge in [0.2, 0.25) is 22.1 Å². The van der Waals surface area contributed by atoms with E-state index in [-0.39, 0.29) is 23.7 Å². The molecule has 2 aromatic heterocycles. The van der Waals surface area contributed by atoms with Gasteiger partial charge in [0.05, 0.1) is 0 Å². The lowest BCUT2D eigenvalue weighted by atomic mass is 9.81. The van der Waals surface area contributed by atoms with Gasteiger partial charge in [-0.1, -0.05) is 36.5 Å². The molecule has 2 amide bonds. The normalized spacial score (nSPS) is 19.4. The van der Waals surface area contributed by atoms with Gasteiger partial charge in [0.15, 0.2) is 0 Å². The number of anilines is 2. The van der Waals surface area contributed by atoms with Gasteiger partial charge in [-0.3, -0.25) is 9.59 Å². The van der Waals surface area contributed by atoms with E-state index < -0.39 is 0 Å². The fourth-order valence-corrected chi connectivity index (χ4v) is 4.96. The average molecular weight is 423 g/mol. The van der Waals surface area contributed by atoms with Gasteiger partial charge >= 0.3 is 0 Å². The van der Waals surface area contributed by atoms with Crippen molar-refractivity contribution in [3.8, 4) is 0 Å². The van der Waals surface area contributed by atoms with Gasteiger partial charge in [-0.05, 0) is 38.5 Å². The Kier molecular flexibility index (Phi) is 7.43. The number of nitrogens with zero attached hydrogens (tertiary/aromatic N) is 4. The third-order valence-corrected chi connectivity index (χ3v) is 6.59. The molecule has 2 heterocycles. The van der Waals surface area contributed by atoms with Gasteiger partial charge in [-0.25, -0.2) is 0 Å². The number of rotatable bonds is 8. The topological polar surface area (TPSA) is 110 Å². The number of hydrogen-bond donors (Lipinski definition) is 2. The molecule has 3 rings (SSSR count). The molecule has 0 spiro atoms. The van der Waals surface area contributed by atoms with Crippen molar-refractivity contribution in [2.24, 2.45) is 11.8 Å². The standard InChI is InChI=1S/C18H26N6O2S2/c1-3-5-13-21-23-17(27-13)19-15(25)11-7-9-12(10-8-11)16(26)20-18-24-22-14(28-18)6-4-2/h11-12H,3-10H2,1-2H3,(H,19,23,25)(H,20,24,26). The van der Waals surface area contributed by atoms with Crippen LogP contribution in [0.2, 0.25) is 0 Å². The van der Waals surface area contributed by atoms with E-state index in [0.29, 0.717) is 35.9 Å². The van der Waals surface area contributed by atoms with Crippen LogP contribution in [0.3, 0.4) is 0 Å². The molecule has 152 valence electrons. The third kappa shape index (κ3) is 5.54. The molecule has 0 aromatic carbocycles. The summed E-state index contributed by atoms with van der Waals surface area (Å²) in [5, 5.41) is 25.0. The summed E-state index contributed by atoms with van der Waals surface area (Å²) >= 11 is 2.86. The summed E-state index contributed by atoms with van der Waals surface area (Å²) in [6, 6.07) is 0. The van der Waals surface area contributed by atoms with Gasteiger partial charge in [0.25, 0.3) is 0 Å². The first-order chi connectivity index (χ1) is 13.6. The number of aromatic nitrogens is 4. The van der Waals surface area contributed by atoms with Crippen LogP contribution in [0.25, 0.3) is 0 Å². The Balaban J connectivity index is 1.44. The summed E-state index contributed by atoms with van der Waals surface area (Å²) in [6.45, 7) is 4.17. The number of carbonyl (C=O) groups excluding carboxylic acids is 2. The van der Waals surface area contributed by atoms with Gasteiger partial charge in [-0.15, -0.1) is 20.4 Å². The van der Waals surface area contributed by atoms with Crippen molar-refractivity contribution in [1.82, 2.24) is 20.4 Å². The second-order valence-corrected chi connectivity index (χ2v) is 9.15. The van der Waals surface area contributed by atoms with Crippen LogP contribution in [0.4, 0.5) is 10.3 Å². The summed E-state index contributed by atoms with van der Waals surface area (Å²) < 4.78 is 0. The number of nitrogens with one attached hydrogen (secondary N) is 2. The van der Waals surface area contributed by atoms with E-state index in [1.54, 1.807) is 0 Å². The van der Waals surface area contributed by atoms with Crippen LogP contribution in [-0.2, 0) is 22.4 Å². The molecule has 10 heteroatoms. The molecule has 0 bridgehead atoms. The zero-order valence-corrected chi connectivity index (χ0v) is 17.9. The monoisotopic (exact) mass is 422 g/mol. The van der Waals surface area contributed by atoms with E-state index >= 15 is 0 Å². The van der Waals surface area contributed by atoms with Crippen molar-refractivity contribution < 1.29 is 9.59 Å². The van der Waals surface area contributed by atoms with Crippen LogP contribution >= 0.6 is 22.7 Å². The van der Waals surface area contributed by atoms with Crippen molar-refractivity contribution in [2.75, 3.05) is 10.6 Å². The number of aryl methyl sites for hydroxylation is 2. The van der Waals surface area contributed by atoms with E-state index in [0.717, 1.165) is 35.7 Å². The molecule has 1 aliphatic carbocycles. The molecular formula is C18H26N6O2S2. The van der Waals surface area contributed by atoms with Crippen LogP contribution in [-0.4, -0.2) is 32.2 Å². The smallest absolute Gasteiger partial charge is 0.229 e. The predicted octanol–water partition coefficient (Wildman–Crippen LogP) is 3.68. The SMILES string of the molecule is CCCc1nnc(NC(=O)C2CCC(C(=O)Nc3nnc(CCC)s3)CC2)s1. The van der Waals surface area contributed by atoms with Crippen LogP contribution in [0.1, 0.15) is 62.4 Å². The molecule has 0 saturated heterocycles. The lowest BCUT2D eigenvalue weighted by molar-refractivity contribution is -0.125. The molecule has 1 aliphatic rings. The minimum absolute atomic E-state index is 0.0219. The lowest BCUT2D eigenvalue weighted by Crippen LogP contribution is -2.32. The Morgan fingerprint density at radius 2 is 1.18 bits per heavy atom. The molecular weight excluding hydrogens is 396 g/mol. The highest BCUT2D eigenvalue weighted by Crippen LogP contribution is 2.31. The van der Waals surface area contributed by atoms with Crippen molar-refractivity contribution in [1.29, 1.82) is 0 Å². The van der Waals surface area contributed by atoms with Crippen molar-refractivity contribution in [3.63, 3.8) is 0 Å². The summed E-state index contributed by atoms with van der Waals surface area (Å²) in [4.78, 5) is 25.0. The second kappa shape index (κ2) is 10.0. The Hall–Kier alpha value is -1.94. The molecule has 0 atom stereocenters. The lowest BCUT2D eigenvalue weighted by Gasteiger charge is -2.26. The summed E-state index contributed by atoms with van der Waals surface area (Å²) in [5.41, 5.74) is 0. The molecule has 1 saturated carbocycles. The molecule has 0 unspecified atom stereocenters. The maximum Gasteiger partial charge on any atom is 0.229 e. The highest BCUT2D eigenvalue weighted by Gasteiger charge is 2.30. The first-order valence-corrected chi connectivity index (χ1v) is 11.5. The van der Waals surface area contributed by atoms with Gasteiger partial charge in [-0.2, -0.15) is 0 Å². The Morgan fingerprint density at radius 3 is 1.54 bits per heavy atom. The molecule has 0 radical (unpaired) electrons. The maximum atomic E-state index is 12.5. The van der Waals surface area contributed by atoms with Crippen molar-refractivity contribution in [3.05, 3.63) is 10.0 Å².